The maximum Gasteiger partial charge on any atom is 0.228 e. The minimum Gasteiger partial charge on any atom is -0.355 e. The van der Waals surface area contributed by atoms with E-state index in [1.807, 2.05) is 60.7 Å². The largest absolute Gasteiger partial charge is 0.355 e. The molecule has 1 aliphatic rings. The number of carbonyl (C=O) groups is 2. The summed E-state index contributed by atoms with van der Waals surface area (Å²) in [5.41, 5.74) is 1.71. The highest BCUT2D eigenvalue weighted by atomic mass is 16.2. The standard InChI is InChI=1S/C19H20N2O2/c22-18-16(14-8-3-1-4-9-14)17(15-10-5-2-6-11-15)19(23)21-13-7-12-20-18/h1-6,8-11,16-17H,7,12-13H2,(H,20,22)(H,21,23)/t16-,17-/m0/s1. The molecule has 2 amide bonds. The highest BCUT2D eigenvalue weighted by molar-refractivity contribution is 5.95. The van der Waals surface area contributed by atoms with Crippen molar-refractivity contribution in [2.45, 2.75) is 18.3 Å². The number of rotatable bonds is 2. The van der Waals surface area contributed by atoms with Crippen LogP contribution in [0.15, 0.2) is 60.7 Å². The van der Waals surface area contributed by atoms with Crippen LogP contribution in [0.5, 0.6) is 0 Å². The van der Waals surface area contributed by atoms with Gasteiger partial charge in [-0.3, -0.25) is 9.59 Å². The highest BCUT2D eigenvalue weighted by Crippen LogP contribution is 2.34. The summed E-state index contributed by atoms with van der Waals surface area (Å²) in [7, 11) is 0. The first kappa shape index (κ1) is 15.3. The Labute approximate surface area is 135 Å². The Morgan fingerprint density at radius 2 is 1.04 bits per heavy atom. The summed E-state index contributed by atoms with van der Waals surface area (Å²) in [6, 6.07) is 19.0. The van der Waals surface area contributed by atoms with Crippen LogP contribution in [0.4, 0.5) is 0 Å². The fourth-order valence-corrected chi connectivity index (χ4v) is 3.04. The molecule has 0 aliphatic carbocycles. The van der Waals surface area contributed by atoms with Crippen LogP contribution in [0.2, 0.25) is 0 Å². The Bertz CT molecular complexity index is 611. The molecule has 118 valence electrons. The van der Waals surface area contributed by atoms with Gasteiger partial charge in [0.15, 0.2) is 0 Å². The van der Waals surface area contributed by atoms with E-state index >= 15 is 0 Å². The molecule has 4 heteroatoms. The summed E-state index contributed by atoms with van der Waals surface area (Å²) in [5, 5.41) is 5.92. The topological polar surface area (TPSA) is 58.2 Å². The van der Waals surface area contributed by atoms with Crippen LogP contribution in [0.3, 0.4) is 0 Å². The molecular formula is C19H20N2O2. The lowest BCUT2D eigenvalue weighted by Gasteiger charge is -2.25. The summed E-state index contributed by atoms with van der Waals surface area (Å²) in [4.78, 5) is 25.5. The number of amides is 2. The lowest BCUT2D eigenvalue weighted by Crippen LogP contribution is -2.37. The molecule has 1 saturated heterocycles. The third-order valence-corrected chi connectivity index (χ3v) is 4.17. The second kappa shape index (κ2) is 7.09. The van der Waals surface area contributed by atoms with Crippen LogP contribution in [0.25, 0.3) is 0 Å². The molecule has 2 atom stereocenters. The second-order valence-corrected chi connectivity index (χ2v) is 5.71. The number of carbonyl (C=O) groups excluding carboxylic acids is 2. The Hall–Kier alpha value is -2.62. The fourth-order valence-electron chi connectivity index (χ4n) is 3.04. The third-order valence-electron chi connectivity index (χ3n) is 4.17. The monoisotopic (exact) mass is 308 g/mol. The zero-order valence-electron chi connectivity index (χ0n) is 12.9. The van der Waals surface area contributed by atoms with Crippen molar-refractivity contribution in [3.8, 4) is 0 Å². The van der Waals surface area contributed by atoms with Crippen molar-refractivity contribution in [3.05, 3.63) is 71.8 Å². The van der Waals surface area contributed by atoms with Crippen molar-refractivity contribution in [1.82, 2.24) is 10.6 Å². The van der Waals surface area contributed by atoms with Crippen molar-refractivity contribution in [2.24, 2.45) is 0 Å². The van der Waals surface area contributed by atoms with Gasteiger partial charge in [-0.1, -0.05) is 60.7 Å². The lowest BCUT2D eigenvalue weighted by molar-refractivity contribution is -0.128. The van der Waals surface area contributed by atoms with Crippen molar-refractivity contribution >= 4 is 11.8 Å². The van der Waals surface area contributed by atoms with Crippen LogP contribution in [-0.4, -0.2) is 24.9 Å². The molecule has 4 nitrogen and oxygen atoms in total. The molecular weight excluding hydrogens is 288 g/mol. The van der Waals surface area contributed by atoms with Crippen molar-refractivity contribution in [2.75, 3.05) is 13.1 Å². The van der Waals surface area contributed by atoms with E-state index in [2.05, 4.69) is 10.6 Å². The molecule has 2 aromatic rings. The number of hydrogen-bond acceptors (Lipinski definition) is 2. The average molecular weight is 308 g/mol. The first-order chi connectivity index (χ1) is 11.3. The molecule has 3 rings (SSSR count). The van der Waals surface area contributed by atoms with Gasteiger partial charge in [0, 0.05) is 13.1 Å². The molecule has 0 unspecified atom stereocenters. The van der Waals surface area contributed by atoms with Gasteiger partial charge in [-0.25, -0.2) is 0 Å². The molecule has 0 spiro atoms. The van der Waals surface area contributed by atoms with Crippen LogP contribution >= 0.6 is 0 Å². The minimum absolute atomic E-state index is 0.0953. The van der Waals surface area contributed by atoms with Gasteiger partial charge in [-0.2, -0.15) is 0 Å². The molecule has 2 N–H and O–H groups in total. The predicted molar refractivity (Wildman–Crippen MR) is 89.0 cm³/mol. The molecule has 0 radical (unpaired) electrons. The Morgan fingerprint density at radius 3 is 1.43 bits per heavy atom. The Balaban J connectivity index is 2.09. The van der Waals surface area contributed by atoms with Crippen molar-refractivity contribution in [1.29, 1.82) is 0 Å². The van der Waals surface area contributed by atoms with E-state index in [-0.39, 0.29) is 11.8 Å². The van der Waals surface area contributed by atoms with Crippen molar-refractivity contribution < 1.29 is 9.59 Å². The fraction of sp³-hybridized carbons (Fsp3) is 0.263. The maximum atomic E-state index is 12.8. The lowest BCUT2D eigenvalue weighted by atomic mass is 9.80. The van der Waals surface area contributed by atoms with Gasteiger partial charge in [-0.05, 0) is 17.5 Å². The number of benzene rings is 2. The van der Waals surface area contributed by atoms with Crippen LogP contribution in [-0.2, 0) is 9.59 Å². The molecule has 2 aromatic carbocycles. The molecule has 1 aliphatic heterocycles. The van der Waals surface area contributed by atoms with E-state index in [9.17, 15) is 9.59 Å². The summed E-state index contributed by atoms with van der Waals surface area (Å²) in [5.74, 6) is -1.25. The highest BCUT2D eigenvalue weighted by Gasteiger charge is 2.36. The first-order valence-electron chi connectivity index (χ1n) is 7.92. The van der Waals surface area contributed by atoms with Gasteiger partial charge in [-0.15, -0.1) is 0 Å². The van der Waals surface area contributed by atoms with Gasteiger partial charge in [0.1, 0.15) is 0 Å². The normalized spacial score (nSPS) is 22.3. The summed E-state index contributed by atoms with van der Waals surface area (Å²) in [6.07, 6.45) is 0.737. The van der Waals surface area contributed by atoms with E-state index in [0.29, 0.717) is 13.1 Å². The smallest absolute Gasteiger partial charge is 0.228 e. The SMILES string of the molecule is O=C1NCCCNC(=O)[C@@H](c2ccccc2)[C@@H]1c1ccccc1. The molecule has 1 heterocycles. The van der Waals surface area contributed by atoms with Gasteiger partial charge >= 0.3 is 0 Å². The van der Waals surface area contributed by atoms with Gasteiger partial charge in [0.2, 0.25) is 11.8 Å². The Morgan fingerprint density at radius 1 is 0.652 bits per heavy atom. The Kier molecular flexibility index (Phi) is 4.71. The summed E-state index contributed by atoms with van der Waals surface area (Å²) in [6.45, 7) is 1.15. The maximum absolute atomic E-state index is 12.8. The first-order valence-corrected chi connectivity index (χ1v) is 7.92. The van der Waals surface area contributed by atoms with Gasteiger partial charge in [0.05, 0.1) is 11.8 Å². The third kappa shape index (κ3) is 3.42. The van der Waals surface area contributed by atoms with Crippen molar-refractivity contribution in [3.63, 3.8) is 0 Å². The average Bonchev–Trinajstić information content (AvgIpc) is 2.66. The summed E-state index contributed by atoms with van der Waals surface area (Å²) < 4.78 is 0. The van der Waals surface area contributed by atoms with E-state index < -0.39 is 11.8 Å². The van der Waals surface area contributed by atoms with E-state index in [4.69, 9.17) is 0 Å². The number of hydrogen-bond donors (Lipinski definition) is 2. The summed E-state index contributed by atoms with van der Waals surface area (Å²) >= 11 is 0. The predicted octanol–water partition coefficient (Wildman–Crippen LogP) is 2.19. The zero-order chi connectivity index (χ0) is 16.1. The van der Waals surface area contributed by atoms with E-state index in [0.717, 1.165) is 17.5 Å². The van der Waals surface area contributed by atoms with Gasteiger partial charge < -0.3 is 10.6 Å². The molecule has 0 bridgehead atoms. The van der Waals surface area contributed by atoms with Gasteiger partial charge in [0.25, 0.3) is 0 Å². The second-order valence-electron chi connectivity index (χ2n) is 5.71. The van der Waals surface area contributed by atoms with Crippen LogP contribution < -0.4 is 10.6 Å². The van der Waals surface area contributed by atoms with Crippen LogP contribution in [0, 0.1) is 0 Å². The quantitative estimate of drug-likeness (QED) is 0.893. The van der Waals surface area contributed by atoms with E-state index in [1.54, 1.807) is 0 Å². The molecule has 0 saturated carbocycles. The molecule has 0 aromatic heterocycles. The van der Waals surface area contributed by atoms with Crippen LogP contribution in [0.1, 0.15) is 29.4 Å². The minimum atomic E-state index is -0.531. The number of nitrogens with one attached hydrogen (secondary N) is 2. The van der Waals surface area contributed by atoms with E-state index in [1.165, 1.54) is 0 Å². The zero-order valence-corrected chi connectivity index (χ0v) is 12.9. The molecule has 23 heavy (non-hydrogen) atoms. The molecule has 1 fully saturated rings.